The minimum Gasteiger partial charge on any atom is -0.0882 e. The Morgan fingerprint density at radius 2 is 2.40 bits per heavy atom. The first kappa shape index (κ1) is 7.59. The van der Waals surface area contributed by atoms with Crippen LogP contribution in [0.25, 0.3) is 0 Å². The Morgan fingerprint density at radius 1 is 1.60 bits per heavy atom. The molecule has 0 aromatic carbocycles. The third-order valence-corrected chi connectivity index (χ3v) is 2.12. The summed E-state index contributed by atoms with van der Waals surface area (Å²) in [6.45, 7) is 4.49. The van der Waals surface area contributed by atoms with Crippen LogP contribution in [0.1, 0.15) is 26.7 Å². The van der Waals surface area contributed by atoms with Crippen molar-refractivity contribution in [2.75, 3.05) is 0 Å². The summed E-state index contributed by atoms with van der Waals surface area (Å²) >= 11 is 0. The van der Waals surface area contributed by atoms with E-state index in [1.165, 1.54) is 6.42 Å². The largest absolute Gasteiger partial charge is 0.0882 e. The zero-order chi connectivity index (χ0) is 7.40. The zero-order valence-electron chi connectivity index (χ0n) is 6.88. The fourth-order valence-corrected chi connectivity index (χ4v) is 1.34. The quantitative estimate of drug-likeness (QED) is 0.511. The van der Waals surface area contributed by atoms with Gasteiger partial charge < -0.3 is 0 Å². The second-order valence-electron chi connectivity index (χ2n) is 3.05. The Hall–Kier alpha value is -0.520. The normalized spacial score (nSPS) is 32.2. The molecular formula is C10H16. The van der Waals surface area contributed by atoms with Crippen LogP contribution in [-0.4, -0.2) is 0 Å². The van der Waals surface area contributed by atoms with Gasteiger partial charge in [0, 0.05) is 0 Å². The maximum absolute atomic E-state index is 2.33. The van der Waals surface area contributed by atoms with Crippen LogP contribution in [0.2, 0.25) is 0 Å². The predicted molar refractivity (Wildman–Crippen MR) is 45.8 cm³/mol. The summed E-state index contributed by atoms with van der Waals surface area (Å²) in [5, 5.41) is 0. The first-order valence-corrected chi connectivity index (χ1v) is 4.18. The molecule has 0 bridgehead atoms. The van der Waals surface area contributed by atoms with Gasteiger partial charge in [-0.05, 0) is 24.7 Å². The summed E-state index contributed by atoms with van der Waals surface area (Å²) in [7, 11) is 0. The molecule has 1 rings (SSSR count). The van der Waals surface area contributed by atoms with Crippen molar-refractivity contribution in [2.45, 2.75) is 26.7 Å². The van der Waals surface area contributed by atoms with Gasteiger partial charge in [0.15, 0.2) is 0 Å². The van der Waals surface area contributed by atoms with E-state index >= 15 is 0 Å². The first-order chi connectivity index (χ1) is 4.84. The molecule has 10 heavy (non-hydrogen) atoms. The maximum atomic E-state index is 2.33. The van der Waals surface area contributed by atoms with Crippen LogP contribution in [0, 0.1) is 11.8 Å². The summed E-state index contributed by atoms with van der Waals surface area (Å²) in [5.41, 5.74) is 0. The molecule has 2 atom stereocenters. The van der Waals surface area contributed by atoms with E-state index in [0.717, 1.165) is 18.3 Å². The molecular weight excluding hydrogens is 120 g/mol. The lowest BCUT2D eigenvalue weighted by Gasteiger charge is -2.07. The number of hydrogen-bond donors (Lipinski definition) is 0. The van der Waals surface area contributed by atoms with Crippen molar-refractivity contribution in [3.05, 3.63) is 24.3 Å². The third-order valence-electron chi connectivity index (χ3n) is 2.12. The van der Waals surface area contributed by atoms with Crippen LogP contribution in [0.15, 0.2) is 24.3 Å². The van der Waals surface area contributed by atoms with Gasteiger partial charge in [-0.3, -0.25) is 0 Å². The van der Waals surface area contributed by atoms with Crippen LogP contribution in [-0.2, 0) is 0 Å². The lowest BCUT2D eigenvalue weighted by Crippen LogP contribution is -1.98. The van der Waals surface area contributed by atoms with Crippen molar-refractivity contribution < 1.29 is 0 Å². The highest BCUT2D eigenvalue weighted by atomic mass is 14.2. The van der Waals surface area contributed by atoms with Gasteiger partial charge in [-0.1, -0.05) is 38.2 Å². The van der Waals surface area contributed by atoms with Crippen molar-refractivity contribution >= 4 is 0 Å². The minimum atomic E-state index is 0.722. The molecule has 1 aliphatic rings. The second kappa shape index (κ2) is 3.60. The standard InChI is InChI=1S/C10H16/c1-3-4-7-10-8-5-6-9(10)2/h4-5,7-10H,3,6H2,1-2H3/b7-4-/t9-,10?/m1/s1. The van der Waals surface area contributed by atoms with E-state index in [1.807, 2.05) is 0 Å². The van der Waals surface area contributed by atoms with Gasteiger partial charge in [0.1, 0.15) is 0 Å². The molecule has 0 heteroatoms. The monoisotopic (exact) mass is 136 g/mol. The molecule has 0 radical (unpaired) electrons. The Morgan fingerprint density at radius 3 is 2.90 bits per heavy atom. The van der Waals surface area contributed by atoms with Gasteiger partial charge >= 0.3 is 0 Å². The van der Waals surface area contributed by atoms with Gasteiger partial charge in [0.05, 0.1) is 0 Å². The van der Waals surface area contributed by atoms with Gasteiger partial charge in [0.2, 0.25) is 0 Å². The van der Waals surface area contributed by atoms with Gasteiger partial charge in [-0.25, -0.2) is 0 Å². The van der Waals surface area contributed by atoms with Crippen molar-refractivity contribution in [3.63, 3.8) is 0 Å². The summed E-state index contributed by atoms with van der Waals surface area (Å²) in [6, 6.07) is 0. The molecule has 1 unspecified atom stereocenters. The van der Waals surface area contributed by atoms with Crippen molar-refractivity contribution in [1.82, 2.24) is 0 Å². The summed E-state index contributed by atoms with van der Waals surface area (Å²) < 4.78 is 0. The zero-order valence-corrected chi connectivity index (χ0v) is 6.88. The molecule has 0 aromatic heterocycles. The van der Waals surface area contributed by atoms with Crippen molar-refractivity contribution in [1.29, 1.82) is 0 Å². The lowest BCUT2D eigenvalue weighted by molar-refractivity contribution is 0.538. The SMILES string of the molecule is CC/C=C\C1C=CC[C@H]1C. The van der Waals surface area contributed by atoms with Crippen LogP contribution >= 0.6 is 0 Å². The average Bonchev–Trinajstić information content (AvgIpc) is 2.31. The van der Waals surface area contributed by atoms with Crippen LogP contribution in [0.4, 0.5) is 0 Å². The van der Waals surface area contributed by atoms with E-state index in [-0.39, 0.29) is 0 Å². The van der Waals surface area contributed by atoms with E-state index < -0.39 is 0 Å². The highest BCUT2D eigenvalue weighted by Crippen LogP contribution is 2.25. The van der Waals surface area contributed by atoms with E-state index in [2.05, 4.69) is 38.2 Å². The fraction of sp³-hybridized carbons (Fsp3) is 0.600. The van der Waals surface area contributed by atoms with E-state index in [9.17, 15) is 0 Å². The predicted octanol–water partition coefficient (Wildman–Crippen LogP) is 3.16. The molecule has 0 nitrogen and oxygen atoms in total. The molecule has 56 valence electrons. The van der Waals surface area contributed by atoms with Crippen molar-refractivity contribution in [2.24, 2.45) is 11.8 Å². The van der Waals surface area contributed by atoms with Crippen LogP contribution in [0.3, 0.4) is 0 Å². The van der Waals surface area contributed by atoms with E-state index in [4.69, 9.17) is 0 Å². The highest BCUT2D eigenvalue weighted by molar-refractivity contribution is 5.08. The first-order valence-electron chi connectivity index (χ1n) is 4.18. The summed E-state index contributed by atoms with van der Waals surface area (Å²) in [6.07, 6.45) is 11.6. The van der Waals surface area contributed by atoms with Crippen LogP contribution in [0.5, 0.6) is 0 Å². The number of allylic oxidation sites excluding steroid dienone is 4. The summed E-state index contributed by atoms with van der Waals surface area (Å²) in [4.78, 5) is 0. The van der Waals surface area contributed by atoms with Gasteiger partial charge in [-0.15, -0.1) is 0 Å². The smallest absolute Gasteiger partial charge is 0.00249 e. The molecule has 0 aromatic rings. The van der Waals surface area contributed by atoms with E-state index in [0.29, 0.717) is 0 Å². The minimum absolute atomic E-state index is 0.722. The Balaban J connectivity index is 2.40. The molecule has 1 aliphatic carbocycles. The maximum Gasteiger partial charge on any atom is -0.00249 e. The Kier molecular flexibility index (Phi) is 2.73. The molecule has 0 spiro atoms. The molecule has 0 N–H and O–H groups in total. The van der Waals surface area contributed by atoms with Gasteiger partial charge in [-0.2, -0.15) is 0 Å². The van der Waals surface area contributed by atoms with Crippen molar-refractivity contribution in [3.8, 4) is 0 Å². The molecule has 0 saturated heterocycles. The van der Waals surface area contributed by atoms with Gasteiger partial charge in [0.25, 0.3) is 0 Å². The third kappa shape index (κ3) is 1.73. The molecule has 0 heterocycles. The lowest BCUT2D eigenvalue weighted by atomic mass is 9.97. The number of rotatable bonds is 2. The molecule has 0 amide bonds. The fourth-order valence-electron chi connectivity index (χ4n) is 1.34. The topological polar surface area (TPSA) is 0 Å². The average molecular weight is 136 g/mol. The Bertz CT molecular complexity index is 142. The highest BCUT2D eigenvalue weighted by Gasteiger charge is 2.13. The second-order valence-corrected chi connectivity index (χ2v) is 3.05. The van der Waals surface area contributed by atoms with Crippen LogP contribution < -0.4 is 0 Å². The molecule has 0 aliphatic heterocycles. The Labute approximate surface area is 63.6 Å². The molecule has 0 saturated carbocycles. The van der Waals surface area contributed by atoms with E-state index in [1.54, 1.807) is 0 Å². The molecule has 0 fully saturated rings. The number of hydrogen-bond acceptors (Lipinski definition) is 0. The summed E-state index contributed by atoms with van der Waals surface area (Å²) in [5.74, 6) is 1.56.